The van der Waals surface area contributed by atoms with Crippen LogP contribution in [0.5, 0.6) is 0 Å². The van der Waals surface area contributed by atoms with Gasteiger partial charge in [-0.2, -0.15) is 0 Å². The van der Waals surface area contributed by atoms with Crippen molar-refractivity contribution in [3.63, 3.8) is 0 Å². The van der Waals surface area contributed by atoms with Crippen molar-refractivity contribution >= 4 is 27.5 Å². The Kier molecular flexibility index (Phi) is 4.99. The molecule has 0 atom stereocenters. The van der Waals surface area contributed by atoms with Gasteiger partial charge in [0.05, 0.1) is 5.39 Å². The number of amides is 1. The minimum Gasteiger partial charge on any atom is -0.370 e. The summed E-state index contributed by atoms with van der Waals surface area (Å²) < 4.78 is 1.67. The molecule has 2 N–H and O–H groups in total. The molecule has 1 amide bonds. The highest BCUT2D eigenvalue weighted by Gasteiger charge is 2.15. The van der Waals surface area contributed by atoms with Crippen molar-refractivity contribution in [2.75, 3.05) is 0 Å². The average Bonchev–Trinajstić information content (AvgIpc) is 3.01. The molecule has 0 aliphatic rings. The molecule has 0 aliphatic carbocycles. The van der Waals surface area contributed by atoms with Crippen LogP contribution in [0.3, 0.4) is 0 Å². The number of fused-ring (bicyclic) bond motifs is 1. The summed E-state index contributed by atoms with van der Waals surface area (Å²) in [5.41, 5.74) is 7.23. The molecular weight excluding hydrogens is 334 g/mol. The molecule has 0 fully saturated rings. The molecule has 0 saturated carbocycles. The molecule has 2 heterocycles. The number of nitrogens with two attached hydrogens (primary N) is 1. The van der Waals surface area contributed by atoms with Crippen molar-refractivity contribution in [1.29, 1.82) is 0 Å². The third-order valence-electron chi connectivity index (χ3n) is 4.17. The Morgan fingerprint density at radius 1 is 1.28 bits per heavy atom. The molecule has 0 spiro atoms. The van der Waals surface area contributed by atoms with Crippen LogP contribution in [-0.4, -0.2) is 15.5 Å². The standard InChI is InChI=1S/C19H21N3O2S/c1-3-14-11-15-18(25-14)21-17(13-8-6-12(2)7-9-13)22(19(15)24)10-4-5-16(20)23/h6-9,11H,3-5,10H2,1-2H3,(H2,20,23). The summed E-state index contributed by atoms with van der Waals surface area (Å²) in [5.74, 6) is 0.286. The highest BCUT2D eigenvalue weighted by molar-refractivity contribution is 7.18. The lowest BCUT2D eigenvalue weighted by Gasteiger charge is -2.12. The summed E-state index contributed by atoms with van der Waals surface area (Å²) in [4.78, 5) is 30.7. The third kappa shape index (κ3) is 3.64. The number of aryl methyl sites for hydroxylation is 2. The number of rotatable bonds is 6. The topological polar surface area (TPSA) is 78.0 Å². The van der Waals surface area contributed by atoms with Gasteiger partial charge in [-0.15, -0.1) is 11.3 Å². The van der Waals surface area contributed by atoms with E-state index in [0.717, 1.165) is 27.3 Å². The van der Waals surface area contributed by atoms with E-state index in [2.05, 4.69) is 6.92 Å². The summed E-state index contributed by atoms with van der Waals surface area (Å²) in [6, 6.07) is 9.89. The monoisotopic (exact) mass is 355 g/mol. The van der Waals surface area contributed by atoms with E-state index in [0.29, 0.717) is 24.2 Å². The number of aromatic nitrogens is 2. The largest absolute Gasteiger partial charge is 0.370 e. The number of carbonyl (C=O) groups excluding carboxylic acids is 1. The molecule has 5 nitrogen and oxygen atoms in total. The first-order chi connectivity index (χ1) is 12.0. The fraction of sp³-hybridized carbons (Fsp3) is 0.316. The van der Waals surface area contributed by atoms with Crippen molar-refractivity contribution < 1.29 is 4.79 Å². The zero-order valence-electron chi connectivity index (χ0n) is 14.4. The van der Waals surface area contributed by atoms with Crippen LogP contribution >= 0.6 is 11.3 Å². The fourth-order valence-corrected chi connectivity index (χ4v) is 3.74. The molecule has 0 unspecified atom stereocenters. The number of primary amides is 1. The molecule has 0 aliphatic heterocycles. The van der Waals surface area contributed by atoms with Crippen LogP contribution in [0.4, 0.5) is 0 Å². The van der Waals surface area contributed by atoms with Crippen molar-refractivity contribution in [3.8, 4) is 11.4 Å². The molecule has 3 aromatic rings. The maximum atomic E-state index is 13.0. The number of hydrogen-bond acceptors (Lipinski definition) is 4. The van der Waals surface area contributed by atoms with Crippen LogP contribution in [0.25, 0.3) is 21.6 Å². The number of carbonyl (C=O) groups is 1. The zero-order chi connectivity index (χ0) is 18.0. The van der Waals surface area contributed by atoms with Gasteiger partial charge in [0, 0.05) is 23.4 Å². The van der Waals surface area contributed by atoms with E-state index < -0.39 is 0 Å². The van der Waals surface area contributed by atoms with E-state index in [9.17, 15) is 9.59 Å². The number of nitrogens with zero attached hydrogens (tertiary/aromatic N) is 2. The Morgan fingerprint density at radius 3 is 2.64 bits per heavy atom. The number of hydrogen-bond donors (Lipinski definition) is 1. The zero-order valence-corrected chi connectivity index (χ0v) is 15.2. The molecule has 6 heteroatoms. The predicted octanol–water partition coefficient (Wildman–Crippen LogP) is 3.26. The van der Waals surface area contributed by atoms with E-state index in [-0.39, 0.29) is 17.9 Å². The van der Waals surface area contributed by atoms with E-state index in [1.54, 1.807) is 15.9 Å². The SMILES string of the molecule is CCc1cc2c(=O)n(CCCC(N)=O)c(-c3ccc(C)cc3)nc2s1. The Balaban J connectivity index is 2.15. The van der Waals surface area contributed by atoms with Gasteiger partial charge in [0.15, 0.2) is 0 Å². The van der Waals surface area contributed by atoms with Gasteiger partial charge in [-0.1, -0.05) is 36.8 Å². The Morgan fingerprint density at radius 2 is 2.00 bits per heavy atom. The lowest BCUT2D eigenvalue weighted by Crippen LogP contribution is -2.24. The summed E-state index contributed by atoms with van der Waals surface area (Å²) in [6.07, 6.45) is 1.65. The molecule has 0 bridgehead atoms. The predicted molar refractivity (Wildman–Crippen MR) is 102 cm³/mol. The molecule has 3 rings (SSSR count). The second-order valence-corrected chi connectivity index (χ2v) is 7.23. The number of benzene rings is 1. The molecule has 0 radical (unpaired) electrons. The van der Waals surface area contributed by atoms with Crippen LogP contribution in [0.1, 0.15) is 30.2 Å². The highest BCUT2D eigenvalue weighted by Crippen LogP contribution is 2.26. The Labute approximate surface area is 150 Å². The minimum absolute atomic E-state index is 0.0546. The van der Waals surface area contributed by atoms with Crippen LogP contribution in [-0.2, 0) is 17.8 Å². The van der Waals surface area contributed by atoms with Crippen LogP contribution < -0.4 is 11.3 Å². The first-order valence-corrected chi connectivity index (χ1v) is 9.20. The van der Waals surface area contributed by atoms with Gasteiger partial charge in [-0.3, -0.25) is 14.2 Å². The third-order valence-corrected chi connectivity index (χ3v) is 5.34. The Bertz CT molecular complexity index is 971. The van der Waals surface area contributed by atoms with Gasteiger partial charge >= 0.3 is 0 Å². The second-order valence-electron chi connectivity index (χ2n) is 6.11. The molecule has 1 aromatic carbocycles. The summed E-state index contributed by atoms with van der Waals surface area (Å²) in [6.45, 7) is 4.51. The molecule has 2 aromatic heterocycles. The van der Waals surface area contributed by atoms with Crippen molar-refractivity contribution in [1.82, 2.24) is 9.55 Å². The van der Waals surface area contributed by atoms with Crippen molar-refractivity contribution in [3.05, 3.63) is 51.1 Å². The Hall–Kier alpha value is -2.47. The fourth-order valence-electron chi connectivity index (χ4n) is 2.78. The van der Waals surface area contributed by atoms with Crippen LogP contribution in [0.15, 0.2) is 35.1 Å². The van der Waals surface area contributed by atoms with Gasteiger partial charge < -0.3 is 5.73 Å². The summed E-state index contributed by atoms with van der Waals surface area (Å²) >= 11 is 1.56. The maximum Gasteiger partial charge on any atom is 0.262 e. The first-order valence-electron chi connectivity index (χ1n) is 8.38. The smallest absolute Gasteiger partial charge is 0.262 e. The summed E-state index contributed by atoms with van der Waals surface area (Å²) in [7, 11) is 0. The molecule has 130 valence electrons. The summed E-state index contributed by atoms with van der Waals surface area (Å²) in [5, 5.41) is 0.650. The average molecular weight is 355 g/mol. The second kappa shape index (κ2) is 7.19. The van der Waals surface area contributed by atoms with E-state index in [1.165, 1.54) is 0 Å². The first kappa shape index (κ1) is 17.4. The van der Waals surface area contributed by atoms with Crippen molar-refractivity contribution in [2.24, 2.45) is 5.73 Å². The maximum absolute atomic E-state index is 13.0. The van der Waals surface area contributed by atoms with E-state index in [4.69, 9.17) is 10.7 Å². The minimum atomic E-state index is -0.359. The van der Waals surface area contributed by atoms with Gasteiger partial charge in [-0.05, 0) is 25.8 Å². The van der Waals surface area contributed by atoms with Crippen LogP contribution in [0.2, 0.25) is 0 Å². The van der Waals surface area contributed by atoms with Gasteiger partial charge in [0.2, 0.25) is 5.91 Å². The van der Waals surface area contributed by atoms with Crippen molar-refractivity contribution in [2.45, 2.75) is 39.7 Å². The molecule has 0 saturated heterocycles. The molecule has 25 heavy (non-hydrogen) atoms. The van der Waals surface area contributed by atoms with E-state index >= 15 is 0 Å². The van der Waals surface area contributed by atoms with E-state index in [1.807, 2.05) is 37.3 Å². The molecular formula is C19H21N3O2S. The quantitative estimate of drug-likeness (QED) is 0.737. The van der Waals surface area contributed by atoms with Crippen LogP contribution in [0, 0.1) is 6.92 Å². The lowest BCUT2D eigenvalue weighted by atomic mass is 10.1. The highest BCUT2D eigenvalue weighted by atomic mass is 32.1. The van der Waals surface area contributed by atoms with Gasteiger partial charge in [-0.25, -0.2) is 4.98 Å². The van der Waals surface area contributed by atoms with Gasteiger partial charge in [0.1, 0.15) is 10.7 Å². The normalized spacial score (nSPS) is 11.1. The number of thiophene rings is 1. The lowest BCUT2D eigenvalue weighted by molar-refractivity contribution is -0.118. The van der Waals surface area contributed by atoms with Gasteiger partial charge in [0.25, 0.3) is 5.56 Å².